The molecule has 0 radical (unpaired) electrons. The highest BCUT2D eigenvalue weighted by Gasteiger charge is 2.41. The number of allylic oxidation sites excluding steroid dienone is 1. The SMILES string of the molecule is CCC(C/C=C(\Cc1ccccc1)C(=O)N1C(=O)OCC1Cc1ccccc1)C(=O)N1C(=O)OCC1Cc1ccccc1. The summed E-state index contributed by atoms with van der Waals surface area (Å²) in [5.74, 6) is -1.30. The van der Waals surface area contributed by atoms with Crippen LogP contribution in [0.15, 0.2) is 103 Å². The van der Waals surface area contributed by atoms with Crippen LogP contribution in [0, 0.1) is 5.92 Å². The number of ether oxygens (including phenoxy) is 2. The molecule has 2 aliphatic rings. The maximum Gasteiger partial charge on any atom is 0.417 e. The number of cyclic esters (lactones) is 2. The van der Waals surface area contributed by atoms with Crippen molar-refractivity contribution in [3.8, 4) is 0 Å². The third-order valence-electron chi connectivity index (χ3n) is 8.01. The molecule has 8 nitrogen and oxygen atoms in total. The molecule has 2 saturated heterocycles. The van der Waals surface area contributed by atoms with Gasteiger partial charge in [0.15, 0.2) is 0 Å². The first kappa shape index (κ1) is 29.8. The van der Waals surface area contributed by atoms with Crippen LogP contribution >= 0.6 is 0 Å². The van der Waals surface area contributed by atoms with Crippen molar-refractivity contribution in [1.82, 2.24) is 9.80 Å². The highest BCUT2D eigenvalue weighted by Crippen LogP contribution is 2.26. The fourth-order valence-electron chi connectivity index (χ4n) is 5.64. The molecule has 0 aliphatic carbocycles. The Bertz CT molecular complexity index is 1460. The summed E-state index contributed by atoms with van der Waals surface area (Å²) in [5.41, 5.74) is 3.31. The zero-order chi connectivity index (χ0) is 30.2. The molecule has 3 atom stereocenters. The Labute approximate surface area is 251 Å². The number of amides is 4. The van der Waals surface area contributed by atoms with Crippen LogP contribution in [0.1, 0.15) is 36.5 Å². The second-order valence-corrected chi connectivity index (χ2v) is 11.0. The normalized spacial score (nSPS) is 19.2. The summed E-state index contributed by atoms with van der Waals surface area (Å²) in [6.45, 7) is 2.15. The number of hydrogen-bond donors (Lipinski definition) is 0. The van der Waals surface area contributed by atoms with Crippen LogP contribution in [-0.2, 0) is 38.3 Å². The molecule has 0 bridgehead atoms. The Hall–Kier alpha value is -4.72. The molecule has 222 valence electrons. The molecular weight excluding hydrogens is 544 g/mol. The summed E-state index contributed by atoms with van der Waals surface area (Å²) in [6.07, 6.45) is 2.40. The second kappa shape index (κ2) is 14.0. The van der Waals surface area contributed by atoms with Crippen LogP contribution in [-0.4, -0.2) is 59.1 Å². The number of benzene rings is 3. The van der Waals surface area contributed by atoms with E-state index in [0.29, 0.717) is 24.8 Å². The van der Waals surface area contributed by atoms with Gasteiger partial charge in [-0.2, -0.15) is 0 Å². The van der Waals surface area contributed by atoms with E-state index in [1.807, 2.05) is 97.9 Å². The van der Waals surface area contributed by atoms with E-state index in [0.717, 1.165) is 16.7 Å². The minimum absolute atomic E-state index is 0.119. The molecule has 3 unspecified atom stereocenters. The van der Waals surface area contributed by atoms with Crippen molar-refractivity contribution in [2.24, 2.45) is 5.92 Å². The van der Waals surface area contributed by atoms with Gasteiger partial charge in [0, 0.05) is 17.9 Å². The molecule has 2 fully saturated rings. The van der Waals surface area contributed by atoms with Crippen molar-refractivity contribution >= 4 is 24.0 Å². The number of nitrogens with zero attached hydrogens (tertiary/aromatic N) is 2. The highest BCUT2D eigenvalue weighted by molar-refractivity contribution is 6.04. The Balaban J connectivity index is 1.37. The third-order valence-corrected chi connectivity index (χ3v) is 8.01. The van der Waals surface area contributed by atoms with Gasteiger partial charge >= 0.3 is 12.2 Å². The summed E-state index contributed by atoms with van der Waals surface area (Å²) in [6, 6.07) is 28.0. The lowest BCUT2D eigenvalue weighted by Crippen LogP contribution is -2.43. The number of hydrogen-bond acceptors (Lipinski definition) is 6. The molecule has 0 N–H and O–H groups in total. The predicted octanol–water partition coefficient (Wildman–Crippen LogP) is 5.75. The van der Waals surface area contributed by atoms with Gasteiger partial charge in [0.25, 0.3) is 5.91 Å². The lowest BCUT2D eigenvalue weighted by atomic mass is 9.95. The number of rotatable bonds is 11. The average molecular weight is 581 g/mol. The highest BCUT2D eigenvalue weighted by atomic mass is 16.6. The first-order valence-electron chi connectivity index (χ1n) is 14.8. The van der Waals surface area contributed by atoms with E-state index in [-0.39, 0.29) is 32.0 Å². The molecule has 8 heteroatoms. The van der Waals surface area contributed by atoms with Crippen LogP contribution in [0.2, 0.25) is 0 Å². The Morgan fingerprint density at radius 1 is 0.744 bits per heavy atom. The van der Waals surface area contributed by atoms with Crippen molar-refractivity contribution < 1.29 is 28.7 Å². The molecule has 0 aromatic heterocycles. The average Bonchev–Trinajstić information content (AvgIpc) is 3.58. The fraction of sp³-hybridized carbons (Fsp3) is 0.314. The van der Waals surface area contributed by atoms with E-state index < -0.39 is 36.1 Å². The van der Waals surface area contributed by atoms with Gasteiger partial charge in [0.05, 0.1) is 12.1 Å². The molecule has 2 heterocycles. The quantitative estimate of drug-likeness (QED) is 0.268. The summed E-state index contributed by atoms with van der Waals surface area (Å²) < 4.78 is 10.6. The minimum atomic E-state index is -0.670. The minimum Gasteiger partial charge on any atom is -0.447 e. The first-order chi connectivity index (χ1) is 20.9. The van der Waals surface area contributed by atoms with E-state index in [2.05, 4.69) is 0 Å². The van der Waals surface area contributed by atoms with Gasteiger partial charge in [-0.3, -0.25) is 9.59 Å². The van der Waals surface area contributed by atoms with Gasteiger partial charge in [0.1, 0.15) is 13.2 Å². The van der Waals surface area contributed by atoms with Gasteiger partial charge in [-0.25, -0.2) is 19.4 Å². The van der Waals surface area contributed by atoms with Crippen molar-refractivity contribution in [3.05, 3.63) is 119 Å². The van der Waals surface area contributed by atoms with E-state index in [4.69, 9.17) is 9.47 Å². The van der Waals surface area contributed by atoms with Gasteiger partial charge < -0.3 is 9.47 Å². The van der Waals surface area contributed by atoms with Gasteiger partial charge in [-0.15, -0.1) is 0 Å². The van der Waals surface area contributed by atoms with E-state index >= 15 is 0 Å². The first-order valence-corrected chi connectivity index (χ1v) is 14.8. The number of carbonyl (C=O) groups excluding carboxylic acids is 4. The molecule has 2 aliphatic heterocycles. The zero-order valence-electron chi connectivity index (χ0n) is 24.3. The van der Waals surface area contributed by atoms with Crippen molar-refractivity contribution in [3.63, 3.8) is 0 Å². The van der Waals surface area contributed by atoms with Crippen LogP contribution in [0.5, 0.6) is 0 Å². The van der Waals surface area contributed by atoms with Crippen LogP contribution in [0.4, 0.5) is 9.59 Å². The zero-order valence-corrected chi connectivity index (χ0v) is 24.3. The summed E-state index contributed by atoms with van der Waals surface area (Å²) in [7, 11) is 0. The van der Waals surface area contributed by atoms with Gasteiger partial charge in [0.2, 0.25) is 5.91 Å². The Kier molecular flexibility index (Phi) is 9.66. The monoisotopic (exact) mass is 580 g/mol. The van der Waals surface area contributed by atoms with Crippen molar-refractivity contribution in [2.45, 2.75) is 51.1 Å². The maximum atomic E-state index is 14.0. The van der Waals surface area contributed by atoms with Crippen LogP contribution in [0.3, 0.4) is 0 Å². The largest absolute Gasteiger partial charge is 0.447 e. The molecule has 3 aromatic rings. The molecule has 3 aromatic carbocycles. The number of imide groups is 2. The second-order valence-electron chi connectivity index (χ2n) is 11.0. The lowest BCUT2D eigenvalue weighted by Gasteiger charge is -2.24. The van der Waals surface area contributed by atoms with E-state index in [9.17, 15) is 19.2 Å². The molecule has 0 saturated carbocycles. The predicted molar refractivity (Wildman–Crippen MR) is 161 cm³/mol. The molecule has 43 heavy (non-hydrogen) atoms. The molecular formula is C35H36N2O6. The summed E-state index contributed by atoms with van der Waals surface area (Å²) >= 11 is 0. The van der Waals surface area contributed by atoms with Crippen LogP contribution < -0.4 is 0 Å². The summed E-state index contributed by atoms with van der Waals surface area (Å²) in [5, 5.41) is 0. The molecule has 0 spiro atoms. The standard InChI is InChI=1S/C35H36N2O6/c1-2-28(32(38)36-30(23-42-34(36)40)21-26-14-8-4-9-15-26)18-19-29(20-25-12-6-3-7-13-25)33(39)37-31(24-43-35(37)41)22-27-16-10-5-11-17-27/h3-17,19,28,30-31H,2,18,20-24H2,1H3/b29-19+. The lowest BCUT2D eigenvalue weighted by molar-refractivity contribution is -0.133. The van der Waals surface area contributed by atoms with Gasteiger partial charge in [-0.05, 0) is 42.4 Å². The van der Waals surface area contributed by atoms with Gasteiger partial charge in [-0.1, -0.05) is 104 Å². The van der Waals surface area contributed by atoms with Crippen molar-refractivity contribution in [1.29, 1.82) is 0 Å². The van der Waals surface area contributed by atoms with E-state index in [1.165, 1.54) is 9.80 Å². The van der Waals surface area contributed by atoms with Crippen molar-refractivity contribution in [2.75, 3.05) is 13.2 Å². The smallest absolute Gasteiger partial charge is 0.417 e. The molecule has 5 rings (SSSR count). The topological polar surface area (TPSA) is 93.2 Å². The van der Waals surface area contributed by atoms with Crippen LogP contribution in [0.25, 0.3) is 0 Å². The summed E-state index contributed by atoms with van der Waals surface area (Å²) in [4.78, 5) is 55.6. The third kappa shape index (κ3) is 7.20. The Morgan fingerprint density at radius 2 is 1.21 bits per heavy atom. The number of carbonyl (C=O) groups is 4. The maximum absolute atomic E-state index is 14.0. The Morgan fingerprint density at radius 3 is 1.72 bits per heavy atom. The fourth-order valence-corrected chi connectivity index (χ4v) is 5.64. The molecule has 4 amide bonds. The van der Waals surface area contributed by atoms with E-state index in [1.54, 1.807) is 6.08 Å².